The second-order valence-electron chi connectivity index (χ2n) is 3.77. The lowest BCUT2D eigenvalue weighted by atomic mass is 10.1. The molecule has 2 rings (SSSR count). The molecule has 4 heteroatoms. The minimum atomic E-state index is -0.341. The SMILES string of the molecule is CCCc1nc2ncccc2cc1C(=O)OC. The van der Waals surface area contributed by atoms with Gasteiger partial charge in [-0.1, -0.05) is 13.3 Å². The Morgan fingerprint density at radius 3 is 3.00 bits per heavy atom. The van der Waals surface area contributed by atoms with Crippen LogP contribution in [0.25, 0.3) is 11.0 Å². The number of nitrogens with zero attached hydrogens (tertiary/aromatic N) is 2. The van der Waals surface area contributed by atoms with Gasteiger partial charge in [0.25, 0.3) is 0 Å². The Kier molecular flexibility index (Phi) is 3.32. The summed E-state index contributed by atoms with van der Waals surface area (Å²) >= 11 is 0. The van der Waals surface area contributed by atoms with Crippen molar-refractivity contribution in [3.63, 3.8) is 0 Å². The smallest absolute Gasteiger partial charge is 0.339 e. The van der Waals surface area contributed by atoms with Crippen molar-refractivity contribution in [2.24, 2.45) is 0 Å². The number of rotatable bonds is 3. The summed E-state index contributed by atoms with van der Waals surface area (Å²) in [6, 6.07) is 5.51. The quantitative estimate of drug-likeness (QED) is 0.759. The molecule has 0 fully saturated rings. The maximum absolute atomic E-state index is 11.7. The van der Waals surface area contributed by atoms with Gasteiger partial charge in [0.15, 0.2) is 5.65 Å². The molecule has 0 saturated carbocycles. The molecule has 17 heavy (non-hydrogen) atoms. The lowest BCUT2D eigenvalue weighted by Crippen LogP contribution is -2.08. The number of ether oxygens (including phenoxy) is 1. The first kappa shape index (κ1) is 11.5. The minimum absolute atomic E-state index is 0.341. The van der Waals surface area contributed by atoms with Gasteiger partial charge >= 0.3 is 5.97 Å². The van der Waals surface area contributed by atoms with E-state index in [0.717, 1.165) is 23.9 Å². The van der Waals surface area contributed by atoms with Crippen LogP contribution in [0.3, 0.4) is 0 Å². The van der Waals surface area contributed by atoms with Crippen LogP contribution in [-0.2, 0) is 11.2 Å². The summed E-state index contributed by atoms with van der Waals surface area (Å²) in [6.45, 7) is 2.05. The molecule has 0 bridgehead atoms. The Labute approximate surface area is 99.7 Å². The molecule has 0 aromatic carbocycles. The maximum Gasteiger partial charge on any atom is 0.339 e. The van der Waals surface area contributed by atoms with Crippen LogP contribution in [0, 0.1) is 0 Å². The molecule has 0 atom stereocenters. The first-order valence-electron chi connectivity index (χ1n) is 5.59. The fourth-order valence-electron chi connectivity index (χ4n) is 1.76. The molecule has 4 nitrogen and oxygen atoms in total. The van der Waals surface area contributed by atoms with E-state index in [4.69, 9.17) is 4.74 Å². The van der Waals surface area contributed by atoms with Crippen LogP contribution in [0.15, 0.2) is 24.4 Å². The van der Waals surface area contributed by atoms with Gasteiger partial charge in [-0.05, 0) is 24.6 Å². The van der Waals surface area contributed by atoms with E-state index in [2.05, 4.69) is 9.97 Å². The van der Waals surface area contributed by atoms with Crippen molar-refractivity contribution >= 4 is 17.0 Å². The van der Waals surface area contributed by atoms with Crippen LogP contribution in [0.4, 0.5) is 0 Å². The number of pyridine rings is 2. The largest absolute Gasteiger partial charge is 0.465 e. The molecule has 0 radical (unpaired) electrons. The van der Waals surface area contributed by atoms with E-state index in [9.17, 15) is 4.79 Å². The molecule has 0 aliphatic rings. The topological polar surface area (TPSA) is 52.1 Å². The number of aromatic nitrogens is 2. The normalized spacial score (nSPS) is 10.5. The Hall–Kier alpha value is -1.97. The second kappa shape index (κ2) is 4.91. The minimum Gasteiger partial charge on any atom is -0.465 e. The van der Waals surface area contributed by atoms with Gasteiger partial charge in [0, 0.05) is 11.6 Å². The van der Waals surface area contributed by atoms with Crippen molar-refractivity contribution in [1.82, 2.24) is 9.97 Å². The number of esters is 1. The van der Waals surface area contributed by atoms with E-state index in [1.165, 1.54) is 7.11 Å². The van der Waals surface area contributed by atoms with Crippen molar-refractivity contribution in [3.8, 4) is 0 Å². The van der Waals surface area contributed by atoms with Gasteiger partial charge in [0.05, 0.1) is 18.4 Å². The summed E-state index contributed by atoms with van der Waals surface area (Å²) in [6.07, 6.45) is 3.37. The summed E-state index contributed by atoms with van der Waals surface area (Å²) in [7, 11) is 1.38. The predicted octanol–water partition coefficient (Wildman–Crippen LogP) is 2.37. The average Bonchev–Trinajstić information content (AvgIpc) is 2.37. The van der Waals surface area contributed by atoms with E-state index >= 15 is 0 Å². The highest BCUT2D eigenvalue weighted by molar-refractivity contribution is 5.94. The fourth-order valence-corrected chi connectivity index (χ4v) is 1.76. The highest BCUT2D eigenvalue weighted by atomic mass is 16.5. The molecule has 2 aromatic heterocycles. The summed E-state index contributed by atoms with van der Waals surface area (Å²) in [5, 5.41) is 0.854. The molecular weight excluding hydrogens is 216 g/mol. The van der Waals surface area contributed by atoms with Crippen molar-refractivity contribution < 1.29 is 9.53 Å². The van der Waals surface area contributed by atoms with Crippen molar-refractivity contribution in [3.05, 3.63) is 35.7 Å². The van der Waals surface area contributed by atoms with Gasteiger partial charge in [-0.15, -0.1) is 0 Å². The zero-order chi connectivity index (χ0) is 12.3. The van der Waals surface area contributed by atoms with E-state index in [1.807, 2.05) is 19.1 Å². The third kappa shape index (κ3) is 2.25. The summed E-state index contributed by atoms with van der Waals surface area (Å²) in [4.78, 5) is 20.3. The molecule has 0 spiro atoms. The van der Waals surface area contributed by atoms with Crippen LogP contribution in [0.5, 0.6) is 0 Å². The Morgan fingerprint density at radius 2 is 2.29 bits per heavy atom. The van der Waals surface area contributed by atoms with Gasteiger partial charge in [-0.25, -0.2) is 14.8 Å². The average molecular weight is 230 g/mol. The fraction of sp³-hybridized carbons (Fsp3) is 0.308. The van der Waals surface area contributed by atoms with Crippen molar-refractivity contribution in [2.75, 3.05) is 7.11 Å². The Bertz CT molecular complexity index is 552. The maximum atomic E-state index is 11.7. The highest BCUT2D eigenvalue weighted by Crippen LogP contribution is 2.17. The molecule has 2 heterocycles. The molecule has 0 saturated heterocycles. The zero-order valence-corrected chi connectivity index (χ0v) is 9.93. The van der Waals surface area contributed by atoms with E-state index < -0.39 is 0 Å². The van der Waals surface area contributed by atoms with E-state index in [1.54, 1.807) is 12.3 Å². The van der Waals surface area contributed by atoms with Crippen molar-refractivity contribution in [1.29, 1.82) is 0 Å². The lowest BCUT2D eigenvalue weighted by Gasteiger charge is -2.07. The molecular formula is C13H14N2O2. The molecule has 0 unspecified atom stereocenters. The Balaban J connectivity index is 2.61. The highest BCUT2D eigenvalue weighted by Gasteiger charge is 2.14. The van der Waals surface area contributed by atoms with Gasteiger partial charge in [0.2, 0.25) is 0 Å². The Morgan fingerprint density at radius 1 is 1.47 bits per heavy atom. The number of hydrogen-bond acceptors (Lipinski definition) is 4. The molecule has 0 aliphatic heterocycles. The third-order valence-corrected chi connectivity index (χ3v) is 2.56. The molecule has 0 aliphatic carbocycles. The third-order valence-electron chi connectivity index (χ3n) is 2.56. The predicted molar refractivity (Wildman–Crippen MR) is 64.9 cm³/mol. The van der Waals surface area contributed by atoms with Gasteiger partial charge in [-0.2, -0.15) is 0 Å². The number of methoxy groups -OCH3 is 1. The van der Waals surface area contributed by atoms with Crippen LogP contribution in [-0.4, -0.2) is 23.0 Å². The van der Waals surface area contributed by atoms with Gasteiger partial charge in [0.1, 0.15) is 0 Å². The van der Waals surface area contributed by atoms with Gasteiger partial charge < -0.3 is 4.74 Å². The second-order valence-corrected chi connectivity index (χ2v) is 3.77. The van der Waals surface area contributed by atoms with Crippen LogP contribution in [0.2, 0.25) is 0 Å². The van der Waals surface area contributed by atoms with Crippen LogP contribution in [0.1, 0.15) is 29.4 Å². The van der Waals surface area contributed by atoms with E-state index in [-0.39, 0.29) is 5.97 Å². The first-order valence-corrected chi connectivity index (χ1v) is 5.59. The first-order chi connectivity index (χ1) is 8.26. The summed E-state index contributed by atoms with van der Waals surface area (Å²) < 4.78 is 4.77. The van der Waals surface area contributed by atoms with Gasteiger partial charge in [-0.3, -0.25) is 0 Å². The molecule has 88 valence electrons. The number of hydrogen-bond donors (Lipinski definition) is 0. The summed E-state index contributed by atoms with van der Waals surface area (Å²) in [5.41, 5.74) is 1.96. The number of fused-ring (bicyclic) bond motifs is 1. The van der Waals surface area contributed by atoms with Crippen LogP contribution < -0.4 is 0 Å². The lowest BCUT2D eigenvalue weighted by molar-refractivity contribution is 0.0599. The number of carbonyl (C=O) groups is 1. The van der Waals surface area contributed by atoms with Crippen LogP contribution >= 0.6 is 0 Å². The molecule has 2 aromatic rings. The molecule has 0 amide bonds. The number of carbonyl (C=O) groups excluding carboxylic acids is 1. The number of aryl methyl sites for hydroxylation is 1. The van der Waals surface area contributed by atoms with E-state index in [0.29, 0.717) is 11.2 Å². The van der Waals surface area contributed by atoms with Crippen molar-refractivity contribution in [2.45, 2.75) is 19.8 Å². The molecule has 0 N–H and O–H groups in total. The zero-order valence-electron chi connectivity index (χ0n) is 9.93. The summed E-state index contributed by atoms with van der Waals surface area (Å²) in [5.74, 6) is -0.341. The monoisotopic (exact) mass is 230 g/mol. The standard InChI is InChI=1S/C13H14N2O2/c1-3-5-11-10(13(16)17-2)8-9-6-4-7-14-12(9)15-11/h4,6-8H,3,5H2,1-2H3.